The molecular formula is C20H13F5O. The van der Waals surface area contributed by atoms with E-state index in [0.717, 1.165) is 12.1 Å². The van der Waals surface area contributed by atoms with Crippen molar-refractivity contribution in [3.8, 4) is 16.9 Å². The van der Waals surface area contributed by atoms with Crippen molar-refractivity contribution in [3.63, 3.8) is 0 Å². The minimum absolute atomic E-state index is 0.0720. The first-order valence-electron chi connectivity index (χ1n) is 7.78. The van der Waals surface area contributed by atoms with Crippen molar-refractivity contribution in [3.05, 3.63) is 71.6 Å². The number of ether oxygens (including phenoxy) is 1. The van der Waals surface area contributed by atoms with Crippen LogP contribution >= 0.6 is 0 Å². The molecule has 26 heavy (non-hydrogen) atoms. The topological polar surface area (TPSA) is 9.23 Å². The van der Waals surface area contributed by atoms with Gasteiger partial charge in [-0.25, -0.2) is 13.2 Å². The highest BCUT2D eigenvalue weighted by molar-refractivity contribution is 5.89. The lowest BCUT2D eigenvalue weighted by atomic mass is 9.98. The third-order valence-electron chi connectivity index (χ3n) is 3.86. The van der Waals surface area contributed by atoms with E-state index in [0.29, 0.717) is 11.5 Å². The zero-order chi connectivity index (χ0) is 18.8. The van der Waals surface area contributed by atoms with Gasteiger partial charge in [-0.2, -0.15) is 8.78 Å². The van der Waals surface area contributed by atoms with Gasteiger partial charge in [-0.05, 0) is 23.9 Å². The van der Waals surface area contributed by atoms with Gasteiger partial charge in [-0.1, -0.05) is 24.3 Å². The van der Waals surface area contributed by atoms with E-state index < -0.39 is 23.5 Å². The molecular weight excluding hydrogens is 351 g/mol. The fraction of sp³-hybridized carbons (Fsp3) is 0.100. The summed E-state index contributed by atoms with van der Waals surface area (Å²) in [5.41, 5.74) is -0.326. The molecule has 134 valence electrons. The summed E-state index contributed by atoms with van der Waals surface area (Å²) < 4.78 is 72.8. The molecule has 3 rings (SSSR count). The van der Waals surface area contributed by atoms with Crippen molar-refractivity contribution in [2.24, 2.45) is 0 Å². The van der Waals surface area contributed by atoms with Crippen molar-refractivity contribution in [2.75, 3.05) is 6.61 Å². The average Bonchev–Trinajstić information content (AvgIpc) is 2.57. The molecule has 0 saturated heterocycles. The monoisotopic (exact) mass is 364 g/mol. The molecule has 0 heterocycles. The predicted molar refractivity (Wildman–Crippen MR) is 90.6 cm³/mol. The minimum Gasteiger partial charge on any atom is -0.494 e. The summed E-state index contributed by atoms with van der Waals surface area (Å²) in [5, 5.41) is 0.416. The highest BCUT2D eigenvalue weighted by Crippen LogP contribution is 2.33. The molecule has 0 aromatic heterocycles. The van der Waals surface area contributed by atoms with Crippen LogP contribution in [0, 0.1) is 17.5 Å². The SMILES string of the molecule is CCOc1cc(F)c(-c2ccc3c(F)c(C=C(F)F)ccc3c2)c(F)c1. The summed E-state index contributed by atoms with van der Waals surface area (Å²) >= 11 is 0. The molecule has 6 heteroatoms. The van der Waals surface area contributed by atoms with E-state index in [1.165, 1.54) is 30.3 Å². The Balaban J connectivity index is 2.12. The first kappa shape index (κ1) is 17.9. The van der Waals surface area contributed by atoms with Gasteiger partial charge >= 0.3 is 0 Å². The van der Waals surface area contributed by atoms with Crippen LogP contribution < -0.4 is 4.74 Å². The van der Waals surface area contributed by atoms with Crippen LogP contribution in [0.1, 0.15) is 12.5 Å². The first-order chi connectivity index (χ1) is 12.4. The molecule has 0 bridgehead atoms. The lowest BCUT2D eigenvalue weighted by molar-refractivity contribution is 0.336. The van der Waals surface area contributed by atoms with Gasteiger partial charge in [-0.3, -0.25) is 0 Å². The van der Waals surface area contributed by atoms with E-state index >= 15 is 0 Å². The van der Waals surface area contributed by atoms with Crippen LogP contribution in [0.15, 0.2) is 48.5 Å². The van der Waals surface area contributed by atoms with E-state index in [1.54, 1.807) is 6.92 Å². The second kappa shape index (κ2) is 7.15. The van der Waals surface area contributed by atoms with Crippen molar-refractivity contribution in [1.82, 2.24) is 0 Å². The van der Waals surface area contributed by atoms with Crippen LogP contribution in [0.2, 0.25) is 0 Å². The summed E-state index contributed by atoms with van der Waals surface area (Å²) in [6, 6.07) is 8.80. The van der Waals surface area contributed by atoms with Crippen LogP contribution in [0.25, 0.3) is 28.0 Å². The smallest absolute Gasteiger partial charge is 0.271 e. The first-order valence-corrected chi connectivity index (χ1v) is 7.78. The van der Waals surface area contributed by atoms with Gasteiger partial charge in [0, 0.05) is 29.2 Å². The van der Waals surface area contributed by atoms with Gasteiger partial charge < -0.3 is 4.74 Å². The second-order valence-corrected chi connectivity index (χ2v) is 5.53. The standard InChI is InChI=1S/C20H13F5O/c1-2-26-14-9-16(21)19(17(22)10-14)12-5-6-15-11(7-12)3-4-13(20(15)25)8-18(23)24/h3-10H,2H2,1H3. The lowest BCUT2D eigenvalue weighted by Gasteiger charge is -2.10. The van der Waals surface area contributed by atoms with E-state index in [2.05, 4.69) is 0 Å². The Morgan fingerprint density at radius 1 is 0.962 bits per heavy atom. The third kappa shape index (κ3) is 3.40. The summed E-state index contributed by atoms with van der Waals surface area (Å²) in [5.74, 6) is -2.38. The molecule has 0 amide bonds. The van der Waals surface area contributed by atoms with Crippen molar-refractivity contribution in [2.45, 2.75) is 6.92 Å². The summed E-state index contributed by atoms with van der Waals surface area (Å²) in [7, 11) is 0. The number of halogens is 5. The zero-order valence-corrected chi connectivity index (χ0v) is 13.6. The molecule has 0 N–H and O–H groups in total. The highest BCUT2D eigenvalue weighted by Gasteiger charge is 2.15. The van der Waals surface area contributed by atoms with E-state index in [4.69, 9.17) is 4.74 Å². The molecule has 1 nitrogen and oxygen atoms in total. The quantitative estimate of drug-likeness (QED) is 0.476. The zero-order valence-electron chi connectivity index (χ0n) is 13.6. The Morgan fingerprint density at radius 3 is 2.27 bits per heavy atom. The maximum Gasteiger partial charge on any atom is 0.271 e. The number of benzene rings is 3. The number of fused-ring (bicyclic) bond motifs is 1. The third-order valence-corrected chi connectivity index (χ3v) is 3.86. The van der Waals surface area contributed by atoms with Gasteiger partial charge in [0.25, 0.3) is 6.08 Å². The molecule has 0 aliphatic rings. The highest BCUT2D eigenvalue weighted by atomic mass is 19.3. The van der Waals surface area contributed by atoms with Crippen molar-refractivity contribution in [1.29, 1.82) is 0 Å². The average molecular weight is 364 g/mol. The molecule has 0 radical (unpaired) electrons. The van der Waals surface area contributed by atoms with Crippen LogP contribution in [-0.4, -0.2) is 6.61 Å². The molecule has 0 atom stereocenters. The number of hydrogen-bond acceptors (Lipinski definition) is 1. The van der Waals surface area contributed by atoms with Gasteiger partial charge in [0.05, 0.1) is 12.2 Å². The minimum atomic E-state index is -2.02. The van der Waals surface area contributed by atoms with E-state index in [-0.39, 0.29) is 34.4 Å². The number of rotatable bonds is 4. The molecule has 0 spiro atoms. The fourth-order valence-electron chi connectivity index (χ4n) is 2.77. The Labute approximate surface area is 146 Å². The number of hydrogen-bond donors (Lipinski definition) is 0. The van der Waals surface area contributed by atoms with E-state index in [9.17, 15) is 22.0 Å². The van der Waals surface area contributed by atoms with Gasteiger partial charge in [0.1, 0.15) is 23.2 Å². The van der Waals surface area contributed by atoms with Crippen LogP contribution in [-0.2, 0) is 0 Å². The Morgan fingerprint density at radius 2 is 1.65 bits per heavy atom. The molecule has 3 aromatic carbocycles. The molecule has 3 aromatic rings. The Hall–Kier alpha value is -2.89. The normalized spacial score (nSPS) is 10.8. The molecule has 0 saturated carbocycles. The van der Waals surface area contributed by atoms with Crippen molar-refractivity contribution >= 4 is 16.8 Å². The fourth-order valence-corrected chi connectivity index (χ4v) is 2.77. The predicted octanol–water partition coefficient (Wildman–Crippen LogP) is 6.56. The summed E-state index contributed by atoms with van der Waals surface area (Å²) in [6.45, 7) is 1.96. The maximum atomic E-state index is 14.3. The van der Waals surface area contributed by atoms with Gasteiger partial charge in [0.2, 0.25) is 0 Å². The van der Waals surface area contributed by atoms with Crippen LogP contribution in [0.5, 0.6) is 5.75 Å². The maximum absolute atomic E-state index is 14.3. The summed E-state index contributed by atoms with van der Waals surface area (Å²) in [6.07, 6.45) is -1.59. The largest absolute Gasteiger partial charge is 0.494 e. The Kier molecular flexibility index (Phi) is 4.93. The van der Waals surface area contributed by atoms with Crippen molar-refractivity contribution < 1.29 is 26.7 Å². The molecule has 0 fully saturated rings. The summed E-state index contributed by atoms with van der Waals surface area (Å²) in [4.78, 5) is 0. The second-order valence-electron chi connectivity index (χ2n) is 5.53. The molecule has 0 unspecified atom stereocenters. The van der Waals surface area contributed by atoms with Crippen LogP contribution in [0.4, 0.5) is 22.0 Å². The molecule has 0 aliphatic carbocycles. The van der Waals surface area contributed by atoms with Gasteiger partial charge in [-0.15, -0.1) is 0 Å². The van der Waals surface area contributed by atoms with Crippen LogP contribution in [0.3, 0.4) is 0 Å². The molecule has 0 aliphatic heterocycles. The Bertz CT molecular complexity index is 983. The van der Waals surface area contributed by atoms with E-state index in [1.807, 2.05) is 0 Å². The lowest BCUT2D eigenvalue weighted by Crippen LogP contribution is -1.96. The van der Waals surface area contributed by atoms with Gasteiger partial charge in [0.15, 0.2) is 0 Å².